The number of carbonyl (C=O) groups is 1. The lowest BCUT2D eigenvalue weighted by Gasteiger charge is -2.35. The van der Waals surface area contributed by atoms with Crippen molar-refractivity contribution in [1.82, 2.24) is 15.2 Å². The summed E-state index contributed by atoms with van der Waals surface area (Å²) in [6, 6.07) is 1.26. The predicted molar refractivity (Wildman–Crippen MR) is 97.9 cm³/mol. The third-order valence-corrected chi connectivity index (χ3v) is 5.47. The molecule has 27 heavy (non-hydrogen) atoms. The van der Waals surface area contributed by atoms with Crippen molar-refractivity contribution in [2.75, 3.05) is 37.6 Å². The molecule has 1 amide bonds. The van der Waals surface area contributed by atoms with Gasteiger partial charge in [-0.05, 0) is 18.9 Å². The van der Waals surface area contributed by atoms with Gasteiger partial charge in [-0.1, -0.05) is 24.4 Å². The van der Waals surface area contributed by atoms with Gasteiger partial charge in [-0.3, -0.25) is 9.69 Å². The third-order valence-electron chi connectivity index (χ3n) is 5.20. The van der Waals surface area contributed by atoms with E-state index in [2.05, 4.69) is 15.2 Å². The molecular formula is C18H24ClF3N4O. The van der Waals surface area contributed by atoms with E-state index in [1.54, 1.807) is 0 Å². The molecule has 0 atom stereocenters. The number of pyridine rings is 1. The van der Waals surface area contributed by atoms with Crippen molar-refractivity contribution in [3.05, 3.63) is 22.8 Å². The molecule has 0 unspecified atom stereocenters. The molecular weight excluding hydrogens is 381 g/mol. The molecule has 1 saturated carbocycles. The van der Waals surface area contributed by atoms with Gasteiger partial charge in [0.2, 0.25) is 5.91 Å². The fraction of sp³-hybridized carbons (Fsp3) is 0.667. The van der Waals surface area contributed by atoms with Crippen LogP contribution in [0.5, 0.6) is 0 Å². The summed E-state index contributed by atoms with van der Waals surface area (Å²) in [6.45, 7) is 3.34. The Balaban J connectivity index is 1.45. The molecule has 0 spiro atoms. The van der Waals surface area contributed by atoms with Gasteiger partial charge >= 0.3 is 6.18 Å². The third kappa shape index (κ3) is 5.48. The van der Waals surface area contributed by atoms with Gasteiger partial charge in [0.15, 0.2) is 0 Å². The van der Waals surface area contributed by atoms with E-state index in [0.717, 1.165) is 38.2 Å². The average Bonchev–Trinajstić information content (AvgIpc) is 3.12. The fourth-order valence-corrected chi connectivity index (χ4v) is 3.92. The second-order valence-electron chi connectivity index (χ2n) is 7.15. The highest BCUT2D eigenvalue weighted by molar-refractivity contribution is 6.33. The molecule has 1 aliphatic carbocycles. The molecule has 5 nitrogen and oxygen atoms in total. The maximum absolute atomic E-state index is 12.7. The monoisotopic (exact) mass is 404 g/mol. The van der Waals surface area contributed by atoms with Crippen molar-refractivity contribution in [2.45, 2.75) is 44.3 Å². The van der Waals surface area contributed by atoms with Crippen LogP contribution < -0.4 is 10.2 Å². The zero-order chi connectivity index (χ0) is 19.4. The highest BCUT2D eigenvalue weighted by Gasteiger charge is 2.32. The van der Waals surface area contributed by atoms with Crippen LogP contribution in [-0.2, 0) is 11.0 Å². The van der Waals surface area contributed by atoms with Crippen molar-refractivity contribution >= 4 is 23.3 Å². The van der Waals surface area contributed by atoms with Crippen LogP contribution in [0.25, 0.3) is 0 Å². The number of carbonyl (C=O) groups excluding carboxylic acids is 1. The zero-order valence-corrected chi connectivity index (χ0v) is 15.8. The summed E-state index contributed by atoms with van der Waals surface area (Å²) < 4.78 is 38.2. The van der Waals surface area contributed by atoms with Gasteiger partial charge in [-0.15, -0.1) is 0 Å². The molecule has 2 aliphatic rings. The Labute approximate surface area is 161 Å². The molecule has 2 heterocycles. The van der Waals surface area contributed by atoms with Gasteiger partial charge in [0.05, 0.1) is 10.6 Å². The first-order valence-corrected chi connectivity index (χ1v) is 9.70. The van der Waals surface area contributed by atoms with Crippen LogP contribution in [0.15, 0.2) is 12.3 Å². The largest absolute Gasteiger partial charge is 0.417 e. The van der Waals surface area contributed by atoms with E-state index in [1.807, 2.05) is 4.90 Å². The van der Waals surface area contributed by atoms with Crippen molar-refractivity contribution in [3.8, 4) is 0 Å². The van der Waals surface area contributed by atoms with Crippen molar-refractivity contribution < 1.29 is 18.0 Å². The minimum Gasteiger partial charge on any atom is -0.353 e. The van der Waals surface area contributed by atoms with Crippen molar-refractivity contribution in [1.29, 1.82) is 0 Å². The summed E-state index contributed by atoms with van der Waals surface area (Å²) in [5.74, 6) is 0.472. The Kier molecular flexibility index (Phi) is 6.47. The minimum absolute atomic E-state index is 0.00853. The van der Waals surface area contributed by atoms with Crippen molar-refractivity contribution in [3.63, 3.8) is 0 Å². The molecule has 2 fully saturated rings. The van der Waals surface area contributed by atoms with E-state index in [-0.39, 0.29) is 10.9 Å². The lowest BCUT2D eigenvalue weighted by Crippen LogP contribution is -2.47. The van der Waals surface area contributed by atoms with E-state index in [9.17, 15) is 18.0 Å². The number of nitrogens with zero attached hydrogens (tertiary/aromatic N) is 3. The van der Waals surface area contributed by atoms with Crippen LogP contribution in [0.3, 0.4) is 0 Å². The zero-order valence-electron chi connectivity index (χ0n) is 15.1. The van der Waals surface area contributed by atoms with E-state index in [1.165, 1.54) is 12.8 Å². The van der Waals surface area contributed by atoms with E-state index in [0.29, 0.717) is 37.9 Å². The topological polar surface area (TPSA) is 48.5 Å². The number of amides is 1. The Bertz CT molecular complexity index is 656. The van der Waals surface area contributed by atoms with Crippen LogP contribution >= 0.6 is 11.6 Å². The lowest BCUT2D eigenvalue weighted by molar-refractivity contribution is -0.137. The first kappa shape index (κ1) is 20.2. The van der Waals surface area contributed by atoms with Gasteiger partial charge in [0.1, 0.15) is 5.82 Å². The van der Waals surface area contributed by atoms with E-state index in [4.69, 9.17) is 11.6 Å². The number of aromatic nitrogens is 1. The standard InChI is InChI=1S/C18H24ClF3N4O/c19-15-11-13(18(20,21)22)12-23-17(15)26-9-7-25(8-10-26)6-5-16(27)24-14-3-1-2-4-14/h11-12,14H,1-10H2,(H,24,27). The minimum atomic E-state index is -4.45. The normalized spacial score (nSPS) is 19.5. The molecule has 1 saturated heterocycles. The second kappa shape index (κ2) is 8.65. The Morgan fingerprint density at radius 2 is 1.89 bits per heavy atom. The number of halogens is 4. The summed E-state index contributed by atoms with van der Waals surface area (Å²) >= 11 is 6.02. The van der Waals surface area contributed by atoms with Gasteiger partial charge in [-0.25, -0.2) is 4.98 Å². The molecule has 0 radical (unpaired) electrons. The molecule has 1 aliphatic heterocycles. The van der Waals surface area contributed by atoms with Gasteiger partial charge in [-0.2, -0.15) is 13.2 Å². The lowest BCUT2D eigenvalue weighted by atomic mass is 10.2. The van der Waals surface area contributed by atoms with Crippen LogP contribution in [0.2, 0.25) is 5.02 Å². The number of nitrogens with one attached hydrogen (secondary N) is 1. The summed E-state index contributed by atoms with van der Waals surface area (Å²) in [5.41, 5.74) is -0.844. The number of piperazine rings is 1. The van der Waals surface area contributed by atoms with Crippen molar-refractivity contribution in [2.24, 2.45) is 0 Å². The fourth-order valence-electron chi connectivity index (χ4n) is 3.63. The van der Waals surface area contributed by atoms with E-state index >= 15 is 0 Å². The number of rotatable bonds is 5. The van der Waals surface area contributed by atoms with Crippen LogP contribution in [0, 0.1) is 0 Å². The molecule has 0 bridgehead atoms. The molecule has 1 N–H and O–H groups in total. The van der Waals surface area contributed by atoms with Crippen LogP contribution in [-0.4, -0.2) is 54.6 Å². The first-order chi connectivity index (χ1) is 12.8. The Morgan fingerprint density at radius 1 is 1.22 bits per heavy atom. The quantitative estimate of drug-likeness (QED) is 0.817. The smallest absolute Gasteiger partial charge is 0.353 e. The molecule has 1 aromatic heterocycles. The van der Waals surface area contributed by atoms with E-state index < -0.39 is 11.7 Å². The molecule has 150 valence electrons. The van der Waals surface area contributed by atoms with Crippen LogP contribution in [0.4, 0.5) is 19.0 Å². The average molecular weight is 405 g/mol. The molecule has 9 heteroatoms. The van der Waals surface area contributed by atoms with Gasteiger partial charge in [0.25, 0.3) is 0 Å². The summed E-state index contributed by atoms with van der Waals surface area (Å²) in [6.07, 6.45) is 1.36. The first-order valence-electron chi connectivity index (χ1n) is 9.32. The maximum Gasteiger partial charge on any atom is 0.417 e. The second-order valence-corrected chi connectivity index (χ2v) is 7.56. The highest BCUT2D eigenvalue weighted by Crippen LogP contribution is 2.33. The Morgan fingerprint density at radius 3 is 2.48 bits per heavy atom. The molecule has 1 aromatic rings. The SMILES string of the molecule is O=C(CCN1CCN(c2ncc(C(F)(F)F)cc2Cl)CC1)NC1CCCC1. The predicted octanol–water partition coefficient (Wildman–Crippen LogP) is 3.32. The summed E-state index contributed by atoms with van der Waals surface area (Å²) in [7, 11) is 0. The number of alkyl halides is 3. The number of hydrogen-bond acceptors (Lipinski definition) is 4. The van der Waals surface area contributed by atoms with Gasteiger partial charge in [0, 0.05) is 51.4 Å². The summed E-state index contributed by atoms with van der Waals surface area (Å²) in [4.78, 5) is 20.0. The van der Waals surface area contributed by atoms with Crippen LogP contribution in [0.1, 0.15) is 37.7 Å². The maximum atomic E-state index is 12.7. The summed E-state index contributed by atoms with van der Waals surface area (Å²) in [5, 5.41) is 3.09. The highest BCUT2D eigenvalue weighted by atomic mass is 35.5. The molecule has 3 rings (SSSR count). The molecule has 0 aromatic carbocycles. The van der Waals surface area contributed by atoms with Gasteiger partial charge < -0.3 is 10.2 Å². The number of hydrogen-bond donors (Lipinski definition) is 1. The Hall–Kier alpha value is -1.54. The number of anilines is 1.